The molecule has 0 aliphatic rings. The molecule has 2 rings (SSSR count). The predicted octanol–water partition coefficient (Wildman–Crippen LogP) is 4.31. The summed E-state index contributed by atoms with van der Waals surface area (Å²) in [5.41, 5.74) is -5.66. The van der Waals surface area contributed by atoms with Crippen LogP contribution in [0.3, 0.4) is 0 Å². The van der Waals surface area contributed by atoms with Gasteiger partial charge < -0.3 is 4.90 Å². The van der Waals surface area contributed by atoms with E-state index in [4.69, 9.17) is 5.14 Å². The van der Waals surface area contributed by atoms with Gasteiger partial charge in [-0.2, -0.15) is 13.2 Å². The lowest BCUT2D eigenvalue weighted by atomic mass is 9.97. The Kier molecular flexibility index (Phi) is 10.0. The highest BCUT2D eigenvalue weighted by Crippen LogP contribution is 2.35. The molecule has 6 nitrogen and oxygen atoms in total. The van der Waals surface area contributed by atoms with Crippen molar-refractivity contribution in [2.24, 2.45) is 11.1 Å². The lowest BCUT2D eigenvalue weighted by molar-refractivity contribution is -0.0436. The molecule has 2 N–H and O–H groups in total. The van der Waals surface area contributed by atoms with Crippen molar-refractivity contribution in [1.29, 1.82) is 0 Å². The zero-order valence-electron chi connectivity index (χ0n) is 19.0. The molecule has 0 radical (unpaired) electrons. The quantitative estimate of drug-likeness (QED) is 0.405. The summed E-state index contributed by atoms with van der Waals surface area (Å²) >= 11 is 1.53. The number of nitrogens with zero attached hydrogens (tertiary/aromatic N) is 1. The molecule has 0 unspecified atom stereocenters. The van der Waals surface area contributed by atoms with E-state index in [9.17, 15) is 30.0 Å². The molecule has 1 atom stereocenters. The van der Waals surface area contributed by atoms with Crippen LogP contribution in [0.4, 0.5) is 13.2 Å². The summed E-state index contributed by atoms with van der Waals surface area (Å²) < 4.78 is 88.1. The molecule has 0 fully saturated rings. The summed E-state index contributed by atoms with van der Waals surface area (Å²) in [5.74, 6) is 0.388. The van der Waals surface area contributed by atoms with E-state index in [1.165, 1.54) is 11.8 Å². The topological polar surface area (TPSA) is 97.5 Å². The van der Waals surface area contributed by atoms with Gasteiger partial charge in [-0.15, -0.1) is 11.8 Å². The van der Waals surface area contributed by atoms with Crippen molar-refractivity contribution in [3.63, 3.8) is 0 Å². The highest BCUT2D eigenvalue weighted by Gasteiger charge is 2.48. The second-order valence-electron chi connectivity index (χ2n) is 8.05. The van der Waals surface area contributed by atoms with Gasteiger partial charge in [-0.05, 0) is 75.1 Å². The number of alkyl halides is 3. The third-order valence-corrected chi connectivity index (χ3v) is 8.95. The zero-order valence-corrected chi connectivity index (χ0v) is 21.4. The summed E-state index contributed by atoms with van der Waals surface area (Å²) in [5, 5.41) is 5.04. The van der Waals surface area contributed by atoms with Crippen molar-refractivity contribution >= 4 is 31.6 Å². The standard InChI is InChI=1S/C22H29F3N2O4S3/c1-3-12-27(2)13-11-17(16-32-19-7-5-4-6-8-19)14-18-9-10-20(34(26,30)31)15-21(18)33(28,29)22(23,24)25/h4-10,15,17H,3,11-14,16H2,1-2H3,(H2,26,30,31)/t17-/m0/s1. The van der Waals surface area contributed by atoms with Crippen LogP contribution in [0, 0.1) is 5.92 Å². The molecule has 34 heavy (non-hydrogen) atoms. The number of halogens is 3. The highest BCUT2D eigenvalue weighted by atomic mass is 32.2. The number of sulfone groups is 1. The van der Waals surface area contributed by atoms with Crippen molar-refractivity contribution in [2.75, 3.05) is 25.9 Å². The first kappa shape index (κ1) is 28.6. The fraction of sp³-hybridized carbons (Fsp3) is 0.455. The highest BCUT2D eigenvalue weighted by molar-refractivity contribution is 7.99. The smallest absolute Gasteiger partial charge is 0.306 e. The van der Waals surface area contributed by atoms with Crippen molar-refractivity contribution in [3.8, 4) is 0 Å². The molecule has 2 aromatic rings. The van der Waals surface area contributed by atoms with Gasteiger partial charge in [0.1, 0.15) is 0 Å². The van der Waals surface area contributed by atoms with Crippen molar-refractivity contribution in [3.05, 3.63) is 54.1 Å². The summed E-state index contributed by atoms with van der Waals surface area (Å²) in [7, 11) is -8.22. The number of thioether (sulfide) groups is 1. The number of hydrogen-bond acceptors (Lipinski definition) is 6. The first-order valence-electron chi connectivity index (χ1n) is 10.6. The summed E-state index contributed by atoms with van der Waals surface area (Å²) in [4.78, 5) is 1.35. The van der Waals surface area contributed by atoms with E-state index in [2.05, 4.69) is 4.90 Å². The van der Waals surface area contributed by atoms with Crippen LogP contribution in [0.1, 0.15) is 25.3 Å². The molecule has 0 saturated heterocycles. The van der Waals surface area contributed by atoms with Crippen molar-refractivity contribution in [1.82, 2.24) is 4.90 Å². The Morgan fingerprint density at radius 1 is 1.03 bits per heavy atom. The second-order valence-corrected chi connectivity index (χ2v) is 12.6. The maximum atomic E-state index is 13.4. The van der Waals surface area contributed by atoms with E-state index in [1.54, 1.807) is 0 Å². The monoisotopic (exact) mass is 538 g/mol. The Balaban J connectivity index is 2.42. The van der Waals surface area contributed by atoms with Gasteiger partial charge in [-0.3, -0.25) is 0 Å². The molecule has 0 aliphatic heterocycles. The molecule has 0 bridgehead atoms. The minimum Gasteiger partial charge on any atom is -0.306 e. The van der Waals surface area contributed by atoms with Gasteiger partial charge in [-0.25, -0.2) is 22.0 Å². The van der Waals surface area contributed by atoms with E-state index in [0.29, 0.717) is 24.8 Å². The average molecular weight is 539 g/mol. The number of rotatable bonds is 12. The number of sulfonamides is 1. The average Bonchev–Trinajstić information content (AvgIpc) is 2.75. The molecule has 0 saturated carbocycles. The Morgan fingerprint density at radius 3 is 2.24 bits per heavy atom. The van der Waals surface area contributed by atoms with Gasteiger partial charge in [0.25, 0.3) is 9.84 Å². The van der Waals surface area contributed by atoms with Gasteiger partial charge in [0, 0.05) is 10.6 Å². The molecular weight excluding hydrogens is 509 g/mol. The molecule has 0 heterocycles. The maximum absolute atomic E-state index is 13.4. The SMILES string of the molecule is CCCN(C)CC[C@H](CSc1ccccc1)Cc1ccc(S(N)(=O)=O)cc1S(=O)(=O)C(F)(F)F. The Labute approximate surface area is 203 Å². The van der Waals surface area contributed by atoms with E-state index < -0.39 is 35.2 Å². The Bertz CT molecular complexity index is 1160. The largest absolute Gasteiger partial charge is 0.501 e. The zero-order chi connectivity index (χ0) is 25.6. The molecule has 2 aromatic carbocycles. The summed E-state index contributed by atoms with van der Waals surface area (Å²) in [6.45, 7) is 3.58. The van der Waals surface area contributed by atoms with E-state index >= 15 is 0 Å². The second kappa shape index (κ2) is 11.9. The number of primary sulfonamides is 1. The maximum Gasteiger partial charge on any atom is 0.501 e. The summed E-state index contributed by atoms with van der Waals surface area (Å²) in [6, 6.07) is 12.2. The first-order valence-corrected chi connectivity index (χ1v) is 14.6. The Morgan fingerprint density at radius 2 is 1.68 bits per heavy atom. The minimum atomic E-state index is -5.78. The fourth-order valence-corrected chi connectivity index (χ4v) is 6.14. The van der Waals surface area contributed by atoms with Gasteiger partial charge in [0.2, 0.25) is 10.0 Å². The fourth-order valence-electron chi connectivity index (χ4n) is 3.44. The van der Waals surface area contributed by atoms with E-state index in [1.807, 2.05) is 44.3 Å². The van der Waals surface area contributed by atoms with Crippen molar-refractivity contribution in [2.45, 2.75) is 46.4 Å². The molecule has 0 spiro atoms. The van der Waals surface area contributed by atoms with Crippen LogP contribution < -0.4 is 5.14 Å². The van der Waals surface area contributed by atoms with Gasteiger partial charge >= 0.3 is 5.51 Å². The third-order valence-electron chi connectivity index (χ3n) is 5.22. The van der Waals surface area contributed by atoms with Crippen LogP contribution in [0.2, 0.25) is 0 Å². The van der Waals surface area contributed by atoms with Gasteiger partial charge in [0.05, 0.1) is 9.79 Å². The molecular formula is C22H29F3N2O4S3. The first-order chi connectivity index (χ1) is 15.8. The third kappa shape index (κ3) is 7.98. The van der Waals surface area contributed by atoms with E-state index in [0.717, 1.165) is 30.0 Å². The van der Waals surface area contributed by atoms with Gasteiger partial charge in [-0.1, -0.05) is 31.2 Å². The number of hydrogen-bond donors (Lipinski definition) is 1. The van der Waals surface area contributed by atoms with Crippen LogP contribution in [0.25, 0.3) is 0 Å². The predicted molar refractivity (Wildman–Crippen MR) is 128 cm³/mol. The van der Waals surface area contributed by atoms with Crippen LogP contribution in [-0.2, 0) is 26.3 Å². The molecule has 12 heteroatoms. The lowest BCUT2D eigenvalue weighted by Gasteiger charge is -2.23. The van der Waals surface area contributed by atoms with Crippen LogP contribution in [-0.4, -0.2) is 53.1 Å². The Hall–Kier alpha value is -1.60. The normalized spacial score (nSPS) is 13.9. The van der Waals surface area contributed by atoms with Crippen LogP contribution in [0.15, 0.2) is 63.2 Å². The molecule has 0 aromatic heterocycles. The van der Waals surface area contributed by atoms with Crippen LogP contribution >= 0.6 is 11.8 Å². The van der Waals surface area contributed by atoms with Crippen molar-refractivity contribution < 1.29 is 30.0 Å². The molecule has 0 amide bonds. The minimum absolute atomic E-state index is 0.0370. The summed E-state index contributed by atoms with van der Waals surface area (Å²) in [6.07, 6.45) is 1.61. The number of benzene rings is 2. The molecule has 0 aliphatic carbocycles. The van der Waals surface area contributed by atoms with Gasteiger partial charge in [0.15, 0.2) is 0 Å². The number of nitrogens with two attached hydrogens (primary N) is 1. The van der Waals surface area contributed by atoms with E-state index in [-0.39, 0.29) is 17.9 Å². The lowest BCUT2D eigenvalue weighted by Crippen LogP contribution is -2.27. The molecule has 190 valence electrons. The van der Waals surface area contributed by atoms with Crippen LogP contribution in [0.5, 0.6) is 0 Å².